The first-order chi connectivity index (χ1) is 15.2. The van der Waals surface area contributed by atoms with Gasteiger partial charge in [-0.05, 0) is 46.4 Å². The SMILES string of the molecule is O=C(Cc1c(I)cc(C(F)(C(F)(F)F)C(F)(F)F)cc1C(F)(F)F)c1cccc([N+](=O)[O-])c1Cl. The number of carbonyl (C=O) groups excluding carboxylic acids is 1. The van der Waals surface area contributed by atoms with Crippen molar-refractivity contribution in [2.45, 2.75) is 30.6 Å². The molecule has 2 rings (SSSR count). The molecule has 0 radical (unpaired) electrons. The molecule has 0 fully saturated rings. The quantitative estimate of drug-likeness (QED) is 0.112. The molecule has 0 aliphatic carbocycles. The Morgan fingerprint density at radius 1 is 0.971 bits per heavy atom. The van der Waals surface area contributed by atoms with Gasteiger partial charge in [-0.15, -0.1) is 0 Å². The van der Waals surface area contributed by atoms with Crippen LogP contribution < -0.4 is 0 Å². The van der Waals surface area contributed by atoms with Crippen LogP contribution in [0.1, 0.15) is 27.0 Å². The van der Waals surface area contributed by atoms with E-state index in [0.29, 0.717) is 0 Å². The first-order valence-corrected chi connectivity index (χ1v) is 9.87. The van der Waals surface area contributed by atoms with Gasteiger partial charge in [-0.25, -0.2) is 4.39 Å². The minimum Gasteiger partial charge on any atom is -0.294 e. The topological polar surface area (TPSA) is 60.2 Å². The molecular weight excluding hydrogens is 631 g/mol. The van der Waals surface area contributed by atoms with Gasteiger partial charge in [0.25, 0.3) is 5.69 Å². The summed E-state index contributed by atoms with van der Waals surface area (Å²) in [7, 11) is 0. The molecule has 34 heavy (non-hydrogen) atoms. The smallest absolute Gasteiger partial charge is 0.294 e. The summed E-state index contributed by atoms with van der Waals surface area (Å²) in [6, 6.07) is 2.02. The van der Waals surface area contributed by atoms with E-state index in [1.807, 2.05) is 0 Å². The lowest BCUT2D eigenvalue weighted by Gasteiger charge is -2.31. The van der Waals surface area contributed by atoms with Crippen LogP contribution in [-0.4, -0.2) is 23.1 Å². The lowest BCUT2D eigenvalue weighted by molar-refractivity contribution is -0.384. The maximum atomic E-state index is 14.3. The monoisotopic (exact) mass is 637 g/mol. The van der Waals surface area contributed by atoms with Crippen LogP contribution in [0.5, 0.6) is 0 Å². The Morgan fingerprint density at radius 3 is 1.94 bits per heavy atom. The summed E-state index contributed by atoms with van der Waals surface area (Å²) in [4.78, 5) is 22.5. The van der Waals surface area contributed by atoms with Gasteiger partial charge < -0.3 is 0 Å². The van der Waals surface area contributed by atoms with Crippen molar-refractivity contribution in [2.75, 3.05) is 0 Å². The molecule has 2 aromatic carbocycles. The summed E-state index contributed by atoms with van der Waals surface area (Å²) in [5.41, 5.74) is -13.1. The Hall–Kier alpha value is -2.17. The van der Waals surface area contributed by atoms with Crippen molar-refractivity contribution in [1.82, 2.24) is 0 Å². The molecule has 0 spiro atoms. The van der Waals surface area contributed by atoms with Gasteiger partial charge in [-0.1, -0.05) is 17.7 Å². The van der Waals surface area contributed by atoms with E-state index in [-0.39, 0.29) is 6.07 Å². The molecule has 0 heterocycles. The number of benzene rings is 2. The maximum Gasteiger partial charge on any atom is 0.435 e. The summed E-state index contributed by atoms with van der Waals surface area (Å²) >= 11 is 6.67. The second-order valence-electron chi connectivity index (χ2n) is 6.63. The number of alkyl halides is 10. The Balaban J connectivity index is 2.72. The summed E-state index contributed by atoms with van der Waals surface area (Å²) in [6.07, 6.45) is -20.2. The Kier molecular flexibility index (Phi) is 7.53. The van der Waals surface area contributed by atoms with E-state index >= 15 is 0 Å². The molecule has 0 atom stereocenters. The van der Waals surface area contributed by atoms with Crippen LogP contribution in [0.15, 0.2) is 30.3 Å². The van der Waals surface area contributed by atoms with E-state index in [1.54, 1.807) is 0 Å². The van der Waals surface area contributed by atoms with E-state index in [0.717, 1.165) is 40.8 Å². The number of Topliss-reactive ketones (excluding diaryl/α,β-unsaturated/α-hetero) is 1. The molecule has 0 bridgehead atoms. The molecule has 0 aromatic heterocycles. The van der Waals surface area contributed by atoms with E-state index < -0.39 is 83.9 Å². The predicted molar refractivity (Wildman–Crippen MR) is 105 cm³/mol. The van der Waals surface area contributed by atoms with Gasteiger partial charge in [0, 0.05) is 27.2 Å². The number of rotatable bonds is 5. The highest BCUT2D eigenvalue weighted by atomic mass is 127. The standard InChI is InChI=1S/C18H7ClF10INO3/c19-14-8(2-1-3-12(14)31(33)34)13(32)6-9-10(16(21,22)23)4-7(5-11(9)30)15(20,17(24,25)26)18(27,28)29/h1-5H,6H2. The van der Waals surface area contributed by atoms with Gasteiger partial charge in [0.15, 0.2) is 5.78 Å². The van der Waals surface area contributed by atoms with E-state index in [9.17, 15) is 58.8 Å². The van der Waals surface area contributed by atoms with Crippen LogP contribution in [-0.2, 0) is 18.3 Å². The Morgan fingerprint density at radius 2 is 1.50 bits per heavy atom. The van der Waals surface area contributed by atoms with Crippen molar-refractivity contribution >= 4 is 45.7 Å². The van der Waals surface area contributed by atoms with E-state index in [1.165, 1.54) is 0 Å². The van der Waals surface area contributed by atoms with Crippen LogP contribution in [0.3, 0.4) is 0 Å². The van der Waals surface area contributed by atoms with Gasteiger partial charge in [0.05, 0.1) is 10.5 Å². The number of carbonyl (C=O) groups is 1. The molecule has 0 saturated carbocycles. The number of hydrogen-bond donors (Lipinski definition) is 0. The third-order valence-electron chi connectivity index (χ3n) is 4.49. The third-order valence-corrected chi connectivity index (χ3v) is 5.85. The lowest BCUT2D eigenvalue weighted by Crippen LogP contribution is -2.50. The highest BCUT2D eigenvalue weighted by Gasteiger charge is 2.73. The second-order valence-corrected chi connectivity index (χ2v) is 8.17. The largest absolute Gasteiger partial charge is 0.435 e. The van der Waals surface area contributed by atoms with Crippen LogP contribution in [0.2, 0.25) is 5.02 Å². The molecule has 16 heteroatoms. The molecule has 0 aliphatic heterocycles. The van der Waals surface area contributed by atoms with Crippen LogP contribution in [0.4, 0.5) is 49.6 Å². The molecule has 2 aromatic rings. The molecule has 186 valence electrons. The fourth-order valence-corrected chi connectivity index (χ4v) is 4.01. The van der Waals surface area contributed by atoms with Crippen molar-refractivity contribution in [2.24, 2.45) is 0 Å². The van der Waals surface area contributed by atoms with Crippen molar-refractivity contribution in [3.05, 3.63) is 71.3 Å². The summed E-state index contributed by atoms with van der Waals surface area (Å²) in [5.74, 6) is -1.26. The van der Waals surface area contributed by atoms with Crippen LogP contribution >= 0.6 is 34.2 Å². The minimum atomic E-state index is -6.66. The van der Waals surface area contributed by atoms with Crippen molar-refractivity contribution in [1.29, 1.82) is 0 Å². The molecular formula is C18H7ClF10INO3. The van der Waals surface area contributed by atoms with Gasteiger partial charge >= 0.3 is 24.2 Å². The first-order valence-electron chi connectivity index (χ1n) is 8.42. The van der Waals surface area contributed by atoms with E-state index in [2.05, 4.69) is 0 Å². The second kappa shape index (κ2) is 9.13. The Bertz CT molecular complexity index is 1130. The minimum absolute atomic E-state index is 0.103. The van der Waals surface area contributed by atoms with Crippen molar-refractivity contribution in [3.8, 4) is 0 Å². The molecule has 4 nitrogen and oxygen atoms in total. The number of ketones is 1. The summed E-state index contributed by atoms with van der Waals surface area (Å²) in [5, 5.41) is 10.2. The lowest BCUT2D eigenvalue weighted by atomic mass is 9.89. The average molecular weight is 638 g/mol. The predicted octanol–water partition coefficient (Wildman–Crippen LogP) is 7.59. The normalized spacial score (nSPS) is 13.2. The fourth-order valence-electron chi connectivity index (χ4n) is 2.89. The van der Waals surface area contributed by atoms with Gasteiger partial charge in [0.2, 0.25) is 0 Å². The number of halogens is 12. The highest BCUT2D eigenvalue weighted by molar-refractivity contribution is 14.1. The van der Waals surface area contributed by atoms with Crippen molar-refractivity contribution < 1.29 is 53.6 Å². The number of nitrogens with zero attached hydrogens (tertiary/aromatic N) is 1. The zero-order valence-electron chi connectivity index (χ0n) is 15.8. The molecule has 0 N–H and O–H groups in total. The molecule has 0 saturated heterocycles. The average Bonchev–Trinajstić information content (AvgIpc) is 2.65. The van der Waals surface area contributed by atoms with Crippen molar-refractivity contribution in [3.63, 3.8) is 0 Å². The number of nitro benzene ring substituents is 1. The third kappa shape index (κ3) is 5.08. The maximum absolute atomic E-state index is 14.3. The van der Waals surface area contributed by atoms with Gasteiger partial charge in [-0.3, -0.25) is 14.9 Å². The van der Waals surface area contributed by atoms with Gasteiger partial charge in [0.1, 0.15) is 5.02 Å². The molecule has 0 aliphatic rings. The zero-order valence-corrected chi connectivity index (χ0v) is 18.7. The Labute approximate surface area is 201 Å². The number of hydrogen-bond acceptors (Lipinski definition) is 3. The van der Waals surface area contributed by atoms with E-state index in [4.69, 9.17) is 11.6 Å². The van der Waals surface area contributed by atoms with Crippen LogP contribution in [0, 0.1) is 13.7 Å². The summed E-state index contributed by atoms with van der Waals surface area (Å²) < 4.78 is 132. The van der Waals surface area contributed by atoms with Crippen LogP contribution in [0.25, 0.3) is 0 Å². The first kappa shape index (κ1) is 28.1. The molecule has 0 unspecified atom stereocenters. The fraction of sp³-hybridized carbons (Fsp3) is 0.278. The highest BCUT2D eigenvalue weighted by Crippen LogP contribution is 2.54. The number of nitro groups is 1. The molecule has 0 amide bonds. The zero-order chi connectivity index (χ0) is 26.4. The summed E-state index contributed by atoms with van der Waals surface area (Å²) in [6.45, 7) is 0. The van der Waals surface area contributed by atoms with Gasteiger partial charge in [-0.2, -0.15) is 39.5 Å².